The van der Waals surface area contributed by atoms with Crippen molar-refractivity contribution in [2.24, 2.45) is 0 Å². The first-order valence-corrected chi connectivity index (χ1v) is 3.05. The fourth-order valence-corrected chi connectivity index (χ4v) is 0.347. The lowest BCUT2D eigenvalue weighted by Gasteiger charge is -2.08. The fourth-order valence-electron chi connectivity index (χ4n) is 0.116. The monoisotopic (exact) mass is 145 g/mol. The Balaban J connectivity index is 3.62. The van der Waals surface area contributed by atoms with Crippen molar-refractivity contribution in [3.63, 3.8) is 0 Å². The summed E-state index contributed by atoms with van der Waals surface area (Å²) in [6, 6.07) is 0. The van der Waals surface area contributed by atoms with E-state index in [9.17, 15) is 17.7 Å². The van der Waals surface area contributed by atoms with Crippen molar-refractivity contribution in [2.45, 2.75) is 5.51 Å². The molecule has 0 aromatic carbocycles. The Labute approximate surface area is 48.1 Å². The van der Waals surface area contributed by atoms with Gasteiger partial charge in [0.1, 0.15) is 5.75 Å². The summed E-state index contributed by atoms with van der Waals surface area (Å²) in [7, 11) is 0. The Hall–Kier alpha value is 0.100. The van der Waals surface area contributed by atoms with E-state index < -0.39 is 22.4 Å². The van der Waals surface area contributed by atoms with Gasteiger partial charge in [-0.15, -0.1) is 13.2 Å². The number of rotatable bonds is 1. The molecule has 1 atom stereocenters. The third-order valence-electron chi connectivity index (χ3n) is 0.444. The molecule has 0 N–H and O–H groups in total. The zero-order chi connectivity index (χ0) is 6.78. The van der Waals surface area contributed by atoms with Gasteiger partial charge in [-0.25, -0.2) is 0 Å². The average molecular weight is 145 g/mol. The lowest BCUT2D eigenvalue weighted by molar-refractivity contribution is -0.0432. The van der Waals surface area contributed by atoms with Crippen molar-refractivity contribution in [1.29, 1.82) is 0 Å². The van der Waals surface area contributed by atoms with E-state index in [-0.39, 0.29) is 0 Å². The second-order valence-corrected chi connectivity index (χ2v) is 2.56. The van der Waals surface area contributed by atoms with Crippen LogP contribution >= 0.6 is 0 Å². The second-order valence-electron chi connectivity index (χ2n) is 0.995. The van der Waals surface area contributed by atoms with E-state index in [0.29, 0.717) is 0 Å². The van der Waals surface area contributed by atoms with Gasteiger partial charge < -0.3 is 4.55 Å². The lowest BCUT2D eigenvalue weighted by Crippen LogP contribution is -2.24. The van der Waals surface area contributed by atoms with Gasteiger partial charge in [0, 0.05) is 0 Å². The summed E-state index contributed by atoms with van der Waals surface area (Å²) in [6.07, 6.45) is 0. The molecule has 0 aliphatic rings. The van der Waals surface area contributed by atoms with Crippen LogP contribution in [0, 0.1) is 6.92 Å². The summed E-state index contributed by atoms with van der Waals surface area (Å²) in [6.45, 7) is 2.83. The van der Waals surface area contributed by atoms with Crippen LogP contribution in [0.25, 0.3) is 0 Å². The maximum Gasteiger partial charge on any atom is 0.572 e. The van der Waals surface area contributed by atoms with Crippen molar-refractivity contribution in [3.8, 4) is 0 Å². The predicted molar refractivity (Wildman–Crippen MR) is 24.4 cm³/mol. The Morgan fingerprint density at radius 3 is 1.88 bits per heavy atom. The standard InChI is InChI=1S/C3H4F3OS/c1-2-8(7)3(4,5)6/h1-2H2. The summed E-state index contributed by atoms with van der Waals surface area (Å²) in [4.78, 5) is 0. The first kappa shape index (κ1) is 8.10. The maximum atomic E-state index is 11.1. The van der Waals surface area contributed by atoms with Gasteiger partial charge in [0.05, 0.1) is 11.2 Å². The molecule has 0 amide bonds. The van der Waals surface area contributed by atoms with Crippen molar-refractivity contribution >= 4 is 11.2 Å². The molecule has 0 aromatic heterocycles. The minimum absolute atomic E-state index is 0.608. The largest absolute Gasteiger partial charge is 0.609 e. The van der Waals surface area contributed by atoms with Crippen LogP contribution in [-0.4, -0.2) is 15.8 Å². The Morgan fingerprint density at radius 1 is 1.50 bits per heavy atom. The normalized spacial score (nSPS) is 16.1. The lowest BCUT2D eigenvalue weighted by atomic mass is 11.0. The predicted octanol–water partition coefficient (Wildman–Crippen LogP) is 1.09. The molecule has 0 aromatic rings. The number of hydrogen-bond acceptors (Lipinski definition) is 1. The molecule has 0 spiro atoms. The van der Waals surface area contributed by atoms with Gasteiger partial charge in [-0.3, -0.25) is 0 Å². The van der Waals surface area contributed by atoms with Crippen LogP contribution in [-0.2, 0) is 11.2 Å². The van der Waals surface area contributed by atoms with E-state index in [1.807, 2.05) is 0 Å². The molecule has 5 heteroatoms. The van der Waals surface area contributed by atoms with Crippen molar-refractivity contribution in [2.75, 3.05) is 5.75 Å². The molecule has 0 aliphatic heterocycles. The Morgan fingerprint density at radius 2 is 1.88 bits per heavy atom. The average Bonchev–Trinajstić information content (AvgIpc) is 1.62. The molecule has 0 fully saturated rings. The summed E-state index contributed by atoms with van der Waals surface area (Å²) in [5, 5.41) is 0. The third-order valence-corrected chi connectivity index (χ3v) is 1.33. The highest BCUT2D eigenvalue weighted by Crippen LogP contribution is 2.22. The van der Waals surface area contributed by atoms with Crippen LogP contribution in [0.15, 0.2) is 0 Å². The number of alkyl halides is 3. The highest BCUT2D eigenvalue weighted by molar-refractivity contribution is 7.92. The molecule has 1 unspecified atom stereocenters. The Kier molecular flexibility index (Phi) is 2.62. The second kappa shape index (κ2) is 2.59. The van der Waals surface area contributed by atoms with Gasteiger partial charge in [0.2, 0.25) is 0 Å². The SMILES string of the molecule is [CH2]C[S+]([O-])C(F)(F)F. The first-order chi connectivity index (χ1) is 3.48. The summed E-state index contributed by atoms with van der Waals surface area (Å²) < 4.78 is 43.1. The molecule has 0 aliphatic carbocycles. The van der Waals surface area contributed by atoms with Crippen LogP contribution in [0.1, 0.15) is 0 Å². The van der Waals surface area contributed by atoms with E-state index in [1.54, 1.807) is 0 Å². The molecule has 0 saturated heterocycles. The topological polar surface area (TPSA) is 23.1 Å². The van der Waals surface area contributed by atoms with E-state index in [2.05, 4.69) is 6.92 Å². The molecule has 1 radical (unpaired) electrons. The molecular formula is C3H4F3OS. The van der Waals surface area contributed by atoms with Crippen molar-refractivity contribution < 1.29 is 17.7 Å². The third kappa shape index (κ3) is 2.42. The van der Waals surface area contributed by atoms with Crippen LogP contribution in [0.5, 0.6) is 0 Å². The minimum Gasteiger partial charge on any atom is -0.609 e. The molecule has 0 saturated carbocycles. The summed E-state index contributed by atoms with van der Waals surface area (Å²) >= 11 is -2.76. The van der Waals surface area contributed by atoms with Crippen LogP contribution in [0.3, 0.4) is 0 Å². The molecule has 0 rings (SSSR count). The molecule has 49 valence electrons. The summed E-state index contributed by atoms with van der Waals surface area (Å²) in [5.41, 5.74) is -4.58. The zero-order valence-corrected chi connectivity index (χ0v) is 4.68. The minimum atomic E-state index is -4.58. The van der Waals surface area contributed by atoms with Crippen LogP contribution in [0.2, 0.25) is 0 Å². The van der Waals surface area contributed by atoms with Gasteiger partial charge in [0.15, 0.2) is 0 Å². The first-order valence-electron chi connectivity index (χ1n) is 1.73. The molecule has 8 heavy (non-hydrogen) atoms. The zero-order valence-electron chi connectivity index (χ0n) is 3.86. The molecule has 0 bridgehead atoms. The quantitative estimate of drug-likeness (QED) is 0.506. The van der Waals surface area contributed by atoms with E-state index in [1.165, 1.54) is 0 Å². The van der Waals surface area contributed by atoms with Gasteiger partial charge in [-0.05, 0) is 6.92 Å². The highest BCUT2D eigenvalue weighted by atomic mass is 32.2. The highest BCUT2D eigenvalue weighted by Gasteiger charge is 2.42. The van der Waals surface area contributed by atoms with Gasteiger partial charge in [-0.1, -0.05) is 0 Å². The van der Waals surface area contributed by atoms with Gasteiger partial charge >= 0.3 is 5.51 Å². The van der Waals surface area contributed by atoms with E-state index in [4.69, 9.17) is 0 Å². The van der Waals surface area contributed by atoms with Crippen LogP contribution in [0.4, 0.5) is 13.2 Å². The Bertz CT molecular complexity index is 71.4. The molecular weight excluding hydrogens is 141 g/mol. The van der Waals surface area contributed by atoms with Crippen molar-refractivity contribution in [1.82, 2.24) is 0 Å². The van der Waals surface area contributed by atoms with Gasteiger partial charge in [-0.2, -0.15) is 0 Å². The maximum absolute atomic E-state index is 11.1. The van der Waals surface area contributed by atoms with Gasteiger partial charge in [0.25, 0.3) is 0 Å². The summed E-state index contributed by atoms with van der Waals surface area (Å²) in [5.74, 6) is -0.608. The van der Waals surface area contributed by atoms with E-state index >= 15 is 0 Å². The smallest absolute Gasteiger partial charge is 0.572 e. The van der Waals surface area contributed by atoms with E-state index in [0.717, 1.165) is 0 Å². The fraction of sp³-hybridized carbons (Fsp3) is 0.667. The van der Waals surface area contributed by atoms with Crippen LogP contribution < -0.4 is 0 Å². The number of halogens is 3. The molecule has 1 nitrogen and oxygen atoms in total. The van der Waals surface area contributed by atoms with Crippen molar-refractivity contribution in [3.05, 3.63) is 6.92 Å². The number of hydrogen-bond donors (Lipinski definition) is 0. The molecule has 0 heterocycles.